The Balaban J connectivity index is 1.76. The summed E-state index contributed by atoms with van der Waals surface area (Å²) in [7, 11) is 0. The first kappa shape index (κ1) is 19.9. The van der Waals surface area contributed by atoms with E-state index in [-0.39, 0.29) is 17.3 Å². The third-order valence-corrected chi connectivity index (χ3v) is 5.20. The number of alkyl halides is 3. The average molecular weight is 415 g/mol. The number of pyridine rings is 1. The lowest BCUT2D eigenvalue weighted by Gasteiger charge is -2.18. The second-order valence-corrected chi connectivity index (χ2v) is 8.22. The maximum atomic E-state index is 13.4. The van der Waals surface area contributed by atoms with Gasteiger partial charge in [-0.05, 0) is 45.7 Å². The summed E-state index contributed by atoms with van der Waals surface area (Å²) in [4.78, 5) is 12.3. The largest absolute Gasteiger partial charge is 0.421 e. The van der Waals surface area contributed by atoms with Gasteiger partial charge in [0.2, 0.25) is 5.95 Å². The first-order chi connectivity index (χ1) is 14.0. The van der Waals surface area contributed by atoms with Crippen molar-refractivity contribution in [2.45, 2.75) is 50.9 Å². The van der Waals surface area contributed by atoms with Crippen molar-refractivity contribution in [2.75, 3.05) is 10.6 Å². The van der Waals surface area contributed by atoms with E-state index >= 15 is 0 Å². The molecule has 10 heteroatoms. The Bertz CT molecular complexity index is 1150. The van der Waals surface area contributed by atoms with E-state index in [1.165, 1.54) is 0 Å². The van der Waals surface area contributed by atoms with E-state index in [2.05, 4.69) is 31.7 Å². The van der Waals surface area contributed by atoms with E-state index < -0.39 is 17.3 Å². The lowest BCUT2D eigenvalue weighted by molar-refractivity contribution is -0.137. The third kappa shape index (κ3) is 3.63. The first-order valence-electron chi connectivity index (χ1n) is 9.40. The molecule has 0 bridgehead atoms. The molecule has 7 nitrogen and oxygen atoms in total. The second kappa shape index (κ2) is 6.58. The third-order valence-electron chi connectivity index (χ3n) is 5.20. The quantitative estimate of drug-likeness (QED) is 0.621. The molecule has 3 aromatic heterocycles. The van der Waals surface area contributed by atoms with Gasteiger partial charge in [-0.3, -0.25) is 0 Å². The van der Waals surface area contributed by atoms with Crippen LogP contribution in [0.2, 0.25) is 0 Å². The molecule has 0 atom stereocenters. The molecular formula is C20H20F3N7. The number of hydrogen-bond donors (Lipinski definition) is 2. The molecule has 3 aromatic rings. The Labute approximate surface area is 171 Å². The molecule has 0 amide bonds. The fraction of sp³-hybridized carbons (Fsp3) is 0.400. The van der Waals surface area contributed by atoms with E-state index in [9.17, 15) is 18.4 Å². The Morgan fingerprint density at radius 1 is 1.23 bits per heavy atom. The number of nitriles is 1. The predicted molar refractivity (Wildman–Crippen MR) is 106 cm³/mol. The topological polar surface area (TPSA) is 91.5 Å². The maximum absolute atomic E-state index is 13.4. The molecule has 0 saturated heterocycles. The van der Waals surface area contributed by atoms with Gasteiger partial charge in [0.25, 0.3) is 0 Å². The summed E-state index contributed by atoms with van der Waals surface area (Å²) >= 11 is 0. The summed E-state index contributed by atoms with van der Waals surface area (Å²) in [6.07, 6.45) is 1.07. The fourth-order valence-corrected chi connectivity index (χ4v) is 3.10. The number of fused-ring (bicyclic) bond motifs is 1. The molecule has 1 aliphatic rings. The van der Waals surface area contributed by atoms with Crippen LogP contribution in [-0.4, -0.2) is 25.1 Å². The molecule has 0 unspecified atom stereocenters. The monoisotopic (exact) mass is 415 g/mol. The fourth-order valence-electron chi connectivity index (χ4n) is 3.10. The number of halogens is 3. The van der Waals surface area contributed by atoms with Gasteiger partial charge in [-0.1, -0.05) is 0 Å². The van der Waals surface area contributed by atoms with Gasteiger partial charge in [0.05, 0.1) is 11.8 Å². The van der Waals surface area contributed by atoms with Crippen molar-refractivity contribution >= 4 is 28.5 Å². The van der Waals surface area contributed by atoms with Crippen molar-refractivity contribution < 1.29 is 13.2 Å². The highest BCUT2D eigenvalue weighted by Gasteiger charge is 2.42. The summed E-state index contributed by atoms with van der Waals surface area (Å²) in [6, 6.07) is 5.77. The highest BCUT2D eigenvalue weighted by molar-refractivity contribution is 5.92. The van der Waals surface area contributed by atoms with E-state index in [1.54, 1.807) is 36.9 Å². The highest BCUT2D eigenvalue weighted by atomic mass is 19.4. The van der Waals surface area contributed by atoms with Crippen molar-refractivity contribution in [2.24, 2.45) is 0 Å². The van der Waals surface area contributed by atoms with Crippen LogP contribution in [0.15, 0.2) is 30.7 Å². The van der Waals surface area contributed by atoms with Gasteiger partial charge in [-0.25, -0.2) is 9.97 Å². The van der Waals surface area contributed by atoms with Gasteiger partial charge in [0.1, 0.15) is 22.6 Å². The molecule has 30 heavy (non-hydrogen) atoms. The number of hydrogen-bond acceptors (Lipinski definition) is 6. The zero-order valence-electron chi connectivity index (χ0n) is 16.7. The minimum absolute atomic E-state index is 0.0208. The SMILES string of the molecule is CC1(Nc2nc(Nc3cn(C(C)(C)C#N)c4ncccc34)ncc2C(F)(F)F)CC1. The van der Waals surface area contributed by atoms with Crippen molar-refractivity contribution in [3.63, 3.8) is 0 Å². The molecule has 2 N–H and O–H groups in total. The number of aromatic nitrogens is 4. The summed E-state index contributed by atoms with van der Waals surface area (Å²) in [5, 5.41) is 16.1. The van der Waals surface area contributed by atoms with Crippen LogP contribution in [0.1, 0.15) is 39.2 Å². The zero-order chi connectivity index (χ0) is 21.7. The van der Waals surface area contributed by atoms with Crippen molar-refractivity contribution in [1.29, 1.82) is 5.26 Å². The van der Waals surface area contributed by atoms with Crippen LogP contribution in [0.4, 0.5) is 30.6 Å². The summed E-state index contributed by atoms with van der Waals surface area (Å²) in [5.74, 6) is -0.230. The second-order valence-electron chi connectivity index (χ2n) is 8.22. The Morgan fingerprint density at radius 2 is 1.97 bits per heavy atom. The highest BCUT2D eigenvalue weighted by Crippen LogP contribution is 2.42. The van der Waals surface area contributed by atoms with Crippen LogP contribution in [0.25, 0.3) is 11.0 Å². The van der Waals surface area contributed by atoms with Crippen molar-refractivity contribution in [3.8, 4) is 6.07 Å². The van der Waals surface area contributed by atoms with Gasteiger partial charge in [0.15, 0.2) is 0 Å². The minimum atomic E-state index is -4.57. The lowest BCUT2D eigenvalue weighted by Crippen LogP contribution is -2.23. The van der Waals surface area contributed by atoms with Crippen LogP contribution < -0.4 is 10.6 Å². The van der Waals surface area contributed by atoms with Gasteiger partial charge in [-0.15, -0.1) is 0 Å². The van der Waals surface area contributed by atoms with Gasteiger partial charge in [-0.2, -0.15) is 23.4 Å². The number of anilines is 3. The number of nitrogens with zero attached hydrogens (tertiary/aromatic N) is 5. The molecule has 4 rings (SSSR count). The maximum Gasteiger partial charge on any atom is 0.421 e. The first-order valence-corrected chi connectivity index (χ1v) is 9.40. The molecule has 0 aromatic carbocycles. The van der Waals surface area contributed by atoms with Gasteiger partial charge < -0.3 is 15.2 Å². The normalized spacial score (nSPS) is 15.6. The van der Waals surface area contributed by atoms with Gasteiger partial charge in [0, 0.05) is 29.5 Å². The average Bonchev–Trinajstić information content (AvgIpc) is 3.28. The summed E-state index contributed by atoms with van der Waals surface area (Å²) in [5.41, 5.74) is -1.05. The molecule has 1 aliphatic carbocycles. The van der Waals surface area contributed by atoms with E-state index in [0.717, 1.165) is 19.0 Å². The molecule has 1 saturated carbocycles. The molecular weight excluding hydrogens is 395 g/mol. The van der Waals surface area contributed by atoms with Gasteiger partial charge >= 0.3 is 6.18 Å². The summed E-state index contributed by atoms with van der Waals surface area (Å²) in [6.45, 7) is 5.35. The smallest absolute Gasteiger partial charge is 0.364 e. The van der Waals surface area contributed by atoms with Crippen LogP contribution in [-0.2, 0) is 11.7 Å². The van der Waals surface area contributed by atoms with Crippen molar-refractivity contribution in [3.05, 3.63) is 36.3 Å². The van der Waals surface area contributed by atoms with E-state index in [0.29, 0.717) is 16.7 Å². The van der Waals surface area contributed by atoms with E-state index in [4.69, 9.17) is 0 Å². The molecule has 3 heterocycles. The minimum Gasteiger partial charge on any atom is -0.364 e. The van der Waals surface area contributed by atoms with Crippen LogP contribution in [0.5, 0.6) is 0 Å². The number of nitrogens with one attached hydrogen (secondary N) is 2. The van der Waals surface area contributed by atoms with Crippen LogP contribution in [0, 0.1) is 11.3 Å². The predicted octanol–water partition coefficient (Wildman–Crippen LogP) is 4.81. The molecule has 0 radical (unpaired) electrons. The zero-order valence-corrected chi connectivity index (χ0v) is 16.7. The molecule has 0 spiro atoms. The van der Waals surface area contributed by atoms with Crippen LogP contribution in [0.3, 0.4) is 0 Å². The summed E-state index contributed by atoms with van der Waals surface area (Å²) < 4.78 is 41.9. The lowest BCUT2D eigenvalue weighted by atomic mass is 10.1. The molecule has 156 valence electrons. The van der Waals surface area contributed by atoms with Crippen molar-refractivity contribution in [1.82, 2.24) is 19.5 Å². The Hall–Kier alpha value is -3.35. The molecule has 1 fully saturated rings. The number of rotatable bonds is 5. The van der Waals surface area contributed by atoms with Crippen LogP contribution >= 0.6 is 0 Å². The Morgan fingerprint density at radius 3 is 2.60 bits per heavy atom. The molecule has 0 aliphatic heterocycles. The Kier molecular flexibility index (Phi) is 4.38. The van der Waals surface area contributed by atoms with E-state index in [1.807, 2.05) is 13.0 Å². The standard InChI is InChI=1S/C20H20F3N7/c1-18(2,11-24)30-10-14(12-5-4-8-25-16(12)30)27-17-26-9-13(20(21,22)23)15(28-17)29-19(3)6-7-19/h4-5,8-10H,6-7H2,1-3H3,(H2,26,27,28,29).